The van der Waals surface area contributed by atoms with Gasteiger partial charge in [0.05, 0.1) is 5.02 Å². The molecule has 4 heteroatoms. The zero-order valence-corrected chi connectivity index (χ0v) is 11.6. The van der Waals surface area contributed by atoms with Gasteiger partial charge >= 0.3 is 0 Å². The summed E-state index contributed by atoms with van der Waals surface area (Å²) in [6, 6.07) is 2.23. The van der Waals surface area contributed by atoms with Crippen LogP contribution in [0.1, 0.15) is 27.2 Å². The van der Waals surface area contributed by atoms with Crippen LogP contribution in [0.15, 0.2) is 16.7 Å². The van der Waals surface area contributed by atoms with Crippen LogP contribution in [-0.2, 0) is 0 Å². The Morgan fingerprint density at radius 2 is 2.13 bits per heavy atom. The van der Waals surface area contributed by atoms with E-state index in [0.717, 1.165) is 16.7 Å². The summed E-state index contributed by atoms with van der Waals surface area (Å²) in [5.74, 6) is 1.43. The lowest BCUT2D eigenvalue weighted by Gasteiger charge is -2.17. The van der Waals surface area contributed by atoms with Crippen LogP contribution in [0, 0.1) is 5.92 Å². The Hall–Kier alpha value is -0.280. The topological polar surface area (TPSA) is 24.9 Å². The Bertz CT molecular complexity index is 328. The van der Waals surface area contributed by atoms with Gasteiger partial charge in [-0.2, -0.15) is 0 Å². The monoisotopic (exact) mass is 290 g/mol. The van der Waals surface area contributed by atoms with Gasteiger partial charge in [0.2, 0.25) is 0 Å². The number of nitrogens with one attached hydrogen (secondary N) is 1. The third kappa shape index (κ3) is 4.39. The van der Waals surface area contributed by atoms with E-state index < -0.39 is 0 Å². The van der Waals surface area contributed by atoms with Gasteiger partial charge in [0, 0.05) is 16.7 Å². The van der Waals surface area contributed by atoms with Crippen LogP contribution in [0.4, 0.5) is 5.82 Å². The molecular weight excluding hydrogens is 275 g/mol. The fourth-order valence-electron chi connectivity index (χ4n) is 1.52. The molecule has 1 atom stereocenters. The van der Waals surface area contributed by atoms with Crippen LogP contribution in [0.2, 0.25) is 5.02 Å². The predicted octanol–water partition coefficient (Wildman–Crippen LogP) is 4.34. The van der Waals surface area contributed by atoms with Crippen molar-refractivity contribution in [3.05, 3.63) is 21.8 Å². The van der Waals surface area contributed by atoms with Crippen molar-refractivity contribution in [3.63, 3.8) is 0 Å². The average molecular weight is 292 g/mol. The van der Waals surface area contributed by atoms with Crippen LogP contribution in [0.3, 0.4) is 0 Å². The predicted molar refractivity (Wildman–Crippen MR) is 69.5 cm³/mol. The van der Waals surface area contributed by atoms with Crippen molar-refractivity contribution in [3.8, 4) is 0 Å². The summed E-state index contributed by atoms with van der Waals surface area (Å²) in [7, 11) is 0. The highest BCUT2D eigenvalue weighted by atomic mass is 79.9. The Kier molecular flexibility index (Phi) is 4.87. The minimum absolute atomic E-state index is 0.385. The summed E-state index contributed by atoms with van der Waals surface area (Å²) in [6.07, 6.45) is 2.85. The Balaban J connectivity index is 2.64. The summed E-state index contributed by atoms with van der Waals surface area (Å²) < 4.78 is 0.898. The van der Waals surface area contributed by atoms with E-state index >= 15 is 0 Å². The number of nitrogens with zero attached hydrogens (tertiary/aromatic N) is 1. The Morgan fingerprint density at radius 1 is 1.47 bits per heavy atom. The van der Waals surface area contributed by atoms with E-state index in [9.17, 15) is 0 Å². The van der Waals surface area contributed by atoms with Crippen LogP contribution in [0.5, 0.6) is 0 Å². The lowest BCUT2D eigenvalue weighted by atomic mass is 10.1. The molecule has 0 fully saturated rings. The lowest BCUT2D eigenvalue weighted by Crippen LogP contribution is -2.18. The van der Waals surface area contributed by atoms with Crippen LogP contribution in [-0.4, -0.2) is 11.0 Å². The minimum Gasteiger partial charge on any atom is -0.366 e. The van der Waals surface area contributed by atoms with E-state index in [4.69, 9.17) is 11.6 Å². The largest absolute Gasteiger partial charge is 0.366 e. The molecule has 1 aromatic heterocycles. The summed E-state index contributed by atoms with van der Waals surface area (Å²) in [4.78, 5) is 4.24. The van der Waals surface area contributed by atoms with Crippen molar-refractivity contribution in [2.24, 2.45) is 5.92 Å². The zero-order chi connectivity index (χ0) is 11.4. The molecule has 0 aromatic carbocycles. The standard InChI is InChI=1S/C11H16BrClN2/c1-7(2)4-8(3)15-11-10(13)5-9(12)6-14-11/h5-8H,4H2,1-3H3,(H,14,15). The molecule has 0 amide bonds. The van der Waals surface area contributed by atoms with E-state index in [1.165, 1.54) is 0 Å². The van der Waals surface area contributed by atoms with E-state index in [0.29, 0.717) is 17.0 Å². The van der Waals surface area contributed by atoms with Gasteiger partial charge in [-0.25, -0.2) is 4.98 Å². The first-order chi connectivity index (χ1) is 6.99. The van der Waals surface area contributed by atoms with Gasteiger partial charge in [-0.15, -0.1) is 0 Å². The SMILES string of the molecule is CC(C)CC(C)Nc1ncc(Br)cc1Cl. The summed E-state index contributed by atoms with van der Waals surface area (Å²) >= 11 is 9.38. The first-order valence-electron chi connectivity index (χ1n) is 5.06. The van der Waals surface area contributed by atoms with E-state index in [1.807, 2.05) is 6.07 Å². The molecule has 1 N–H and O–H groups in total. The maximum Gasteiger partial charge on any atom is 0.145 e. The Morgan fingerprint density at radius 3 is 2.67 bits per heavy atom. The normalized spacial score (nSPS) is 12.9. The van der Waals surface area contributed by atoms with Crippen molar-refractivity contribution >= 4 is 33.3 Å². The smallest absolute Gasteiger partial charge is 0.145 e. The van der Waals surface area contributed by atoms with Gasteiger partial charge < -0.3 is 5.32 Å². The van der Waals surface area contributed by atoms with Crippen LogP contribution >= 0.6 is 27.5 Å². The summed E-state index contributed by atoms with van der Waals surface area (Å²) in [5.41, 5.74) is 0. The fourth-order valence-corrected chi connectivity index (χ4v) is 2.20. The number of hydrogen-bond donors (Lipinski definition) is 1. The third-order valence-electron chi connectivity index (χ3n) is 2.02. The molecule has 1 rings (SSSR count). The molecule has 0 aliphatic rings. The van der Waals surface area contributed by atoms with E-state index in [-0.39, 0.29) is 0 Å². The van der Waals surface area contributed by atoms with Crippen LogP contribution in [0.25, 0.3) is 0 Å². The number of anilines is 1. The van der Waals surface area contributed by atoms with Crippen molar-refractivity contribution < 1.29 is 0 Å². The maximum absolute atomic E-state index is 6.06. The highest BCUT2D eigenvalue weighted by molar-refractivity contribution is 9.10. The molecule has 1 unspecified atom stereocenters. The first kappa shape index (κ1) is 12.8. The highest BCUT2D eigenvalue weighted by Gasteiger charge is 2.08. The fraction of sp³-hybridized carbons (Fsp3) is 0.545. The molecular formula is C11H16BrClN2. The number of rotatable bonds is 4. The molecule has 0 radical (unpaired) electrons. The summed E-state index contributed by atoms with van der Waals surface area (Å²) in [5, 5.41) is 3.96. The van der Waals surface area contributed by atoms with Gasteiger partial charge in [-0.1, -0.05) is 25.4 Å². The zero-order valence-electron chi connectivity index (χ0n) is 9.22. The van der Waals surface area contributed by atoms with Crippen molar-refractivity contribution in [1.29, 1.82) is 0 Å². The van der Waals surface area contributed by atoms with Gasteiger partial charge in [0.15, 0.2) is 0 Å². The number of pyridine rings is 1. The molecule has 84 valence electrons. The minimum atomic E-state index is 0.385. The first-order valence-corrected chi connectivity index (χ1v) is 6.23. The summed E-state index contributed by atoms with van der Waals surface area (Å²) in [6.45, 7) is 6.55. The highest BCUT2D eigenvalue weighted by Crippen LogP contribution is 2.24. The molecule has 0 saturated heterocycles. The molecule has 0 aliphatic carbocycles. The molecule has 15 heavy (non-hydrogen) atoms. The van der Waals surface area contributed by atoms with Gasteiger partial charge in [-0.05, 0) is 41.3 Å². The van der Waals surface area contributed by atoms with Gasteiger partial charge in [-0.3, -0.25) is 0 Å². The molecule has 0 bridgehead atoms. The van der Waals surface area contributed by atoms with Crippen molar-refractivity contribution in [1.82, 2.24) is 4.98 Å². The second kappa shape index (κ2) is 5.71. The van der Waals surface area contributed by atoms with E-state index in [2.05, 4.69) is 47.0 Å². The average Bonchev–Trinajstić information content (AvgIpc) is 2.08. The van der Waals surface area contributed by atoms with Crippen LogP contribution < -0.4 is 5.32 Å². The molecule has 0 saturated carbocycles. The quantitative estimate of drug-likeness (QED) is 0.892. The van der Waals surface area contributed by atoms with Gasteiger partial charge in [0.1, 0.15) is 5.82 Å². The number of halogens is 2. The van der Waals surface area contributed by atoms with E-state index in [1.54, 1.807) is 6.20 Å². The second-order valence-electron chi connectivity index (χ2n) is 4.16. The van der Waals surface area contributed by atoms with Crippen molar-refractivity contribution in [2.75, 3.05) is 5.32 Å². The Labute approximate surface area is 105 Å². The maximum atomic E-state index is 6.06. The molecule has 1 heterocycles. The second-order valence-corrected chi connectivity index (χ2v) is 5.48. The lowest BCUT2D eigenvalue weighted by molar-refractivity contribution is 0.539. The van der Waals surface area contributed by atoms with Gasteiger partial charge in [0.25, 0.3) is 0 Å². The molecule has 0 aliphatic heterocycles. The molecule has 0 spiro atoms. The number of aromatic nitrogens is 1. The number of hydrogen-bond acceptors (Lipinski definition) is 2. The third-order valence-corrected chi connectivity index (χ3v) is 2.74. The molecule has 1 aromatic rings. The van der Waals surface area contributed by atoms with Crippen molar-refractivity contribution in [2.45, 2.75) is 33.2 Å². The molecule has 2 nitrogen and oxygen atoms in total.